The lowest BCUT2D eigenvalue weighted by Crippen LogP contribution is -2.35. The fourth-order valence-corrected chi connectivity index (χ4v) is 2.45. The quantitative estimate of drug-likeness (QED) is 0.672. The van der Waals surface area contributed by atoms with Gasteiger partial charge in [0.15, 0.2) is 6.67 Å². The average molecular weight is 249 g/mol. The average Bonchev–Trinajstić information content (AvgIpc) is 2.93. The van der Waals surface area contributed by atoms with Crippen LogP contribution in [0.2, 0.25) is 0 Å². The van der Waals surface area contributed by atoms with Crippen LogP contribution < -0.4 is 15.0 Å². The van der Waals surface area contributed by atoms with Gasteiger partial charge in [0.2, 0.25) is 0 Å². The van der Waals surface area contributed by atoms with Crippen LogP contribution in [-0.4, -0.2) is 4.98 Å². The molecule has 0 bridgehead atoms. The van der Waals surface area contributed by atoms with E-state index in [9.17, 15) is 0 Å². The summed E-state index contributed by atoms with van der Waals surface area (Å²) in [6, 6.07) is 16.4. The largest absolute Gasteiger partial charge is 0.309 e. The number of pyridine rings is 2. The predicted molar refractivity (Wildman–Crippen MR) is 74.5 cm³/mol. The van der Waals surface area contributed by atoms with Crippen LogP contribution in [0.15, 0.2) is 60.9 Å². The van der Waals surface area contributed by atoms with Crippen molar-refractivity contribution in [2.24, 2.45) is 0 Å². The van der Waals surface area contributed by atoms with Crippen molar-refractivity contribution in [3.63, 3.8) is 0 Å². The molecular weight excluding hydrogens is 236 g/mol. The van der Waals surface area contributed by atoms with Crippen molar-refractivity contribution in [3.8, 4) is 0 Å². The summed E-state index contributed by atoms with van der Waals surface area (Å²) in [5.41, 5.74) is 5.62. The van der Waals surface area contributed by atoms with E-state index in [0.29, 0.717) is 0 Å². The van der Waals surface area contributed by atoms with Gasteiger partial charge >= 0.3 is 5.82 Å². The van der Waals surface area contributed by atoms with Gasteiger partial charge in [0.1, 0.15) is 0 Å². The van der Waals surface area contributed by atoms with Gasteiger partial charge < -0.3 is 0 Å². The van der Waals surface area contributed by atoms with Gasteiger partial charge in [-0.3, -0.25) is 4.98 Å². The third-order valence-corrected chi connectivity index (χ3v) is 3.40. The molecule has 0 amide bonds. The Morgan fingerprint density at radius 3 is 2.84 bits per heavy atom. The highest BCUT2D eigenvalue weighted by atomic mass is 15.6. The van der Waals surface area contributed by atoms with Crippen molar-refractivity contribution in [2.75, 3.05) is 10.4 Å². The van der Waals surface area contributed by atoms with Crippen molar-refractivity contribution in [3.05, 3.63) is 60.9 Å². The van der Waals surface area contributed by atoms with E-state index in [1.54, 1.807) is 0 Å². The van der Waals surface area contributed by atoms with Crippen LogP contribution in [-0.2, 0) is 6.67 Å². The van der Waals surface area contributed by atoms with Gasteiger partial charge in [0.05, 0.1) is 22.8 Å². The number of hydrogen-bond donors (Lipinski definition) is 1. The van der Waals surface area contributed by atoms with E-state index in [-0.39, 0.29) is 0 Å². The minimum atomic E-state index is 0.796. The first kappa shape index (κ1) is 10.3. The molecule has 3 aromatic rings. The molecule has 1 aromatic carbocycles. The van der Waals surface area contributed by atoms with Crippen LogP contribution in [0.4, 0.5) is 11.5 Å². The Bertz CT molecular complexity index is 739. The Balaban J connectivity index is 1.80. The van der Waals surface area contributed by atoms with Crippen LogP contribution in [0.5, 0.6) is 0 Å². The Morgan fingerprint density at radius 2 is 1.95 bits per heavy atom. The third kappa shape index (κ3) is 1.61. The van der Waals surface area contributed by atoms with E-state index >= 15 is 0 Å². The molecule has 0 saturated carbocycles. The Labute approximate surface area is 110 Å². The number of benzene rings is 1. The lowest BCUT2D eigenvalue weighted by Gasteiger charge is -2.10. The number of aromatic nitrogens is 2. The fourth-order valence-electron chi connectivity index (χ4n) is 2.45. The van der Waals surface area contributed by atoms with Crippen LogP contribution in [0, 0.1) is 0 Å². The number of hydrazine groups is 1. The van der Waals surface area contributed by atoms with Crippen molar-refractivity contribution in [2.45, 2.75) is 6.67 Å². The second-order valence-corrected chi connectivity index (χ2v) is 4.59. The summed E-state index contributed by atoms with van der Waals surface area (Å²) >= 11 is 0. The van der Waals surface area contributed by atoms with Crippen LogP contribution in [0.3, 0.4) is 0 Å². The predicted octanol–water partition coefficient (Wildman–Crippen LogP) is 2.33. The first-order valence-corrected chi connectivity index (χ1v) is 6.28. The van der Waals surface area contributed by atoms with E-state index in [2.05, 4.69) is 50.4 Å². The normalized spacial score (nSPS) is 13.4. The zero-order valence-electron chi connectivity index (χ0n) is 10.3. The molecule has 4 nitrogen and oxygen atoms in total. The third-order valence-electron chi connectivity index (χ3n) is 3.40. The minimum Gasteiger partial charge on any atom is -0.256 e. The number of nitrogens with one attached hydrogen (secondary N) is 1. The summed E-state index contributed by atoms with van der Waals surface area (Å²) in [4.78, 5) is 4.38. The molecule has 1 N–H and O–H groups in total. The highest BCUT2D eigenvalue weighted by Crippen LogP contribution is 2.24. The van der Waals surface area contributed by atoms with E-state index in [4.69, 9.17) is 0 Å². The molecule has 1 aliphatic heterocycles. The molecule has 0 atom stereocenters. The van der Waals surface area contributed by atoms with Crippen molar-refractivity contribution in [1.29, 1.82) is 0 Å². The standard InChI is InChI=1S/C15H12N4/c1-2-5-12(6-3-1)19-11-18-10-8-14-13(15(18)17-19)7-4-9-16-14/h1-10H,11H2/p+1. The zero-order chi connectivity index (χ0) is 12.7. The number of anilines is 2. The van der Waals surface area contributed by atoms with Gasteiger partial charge in [0, 0.05) is 12.3 Å². The maximum absolute atomic E-state index is 4.38. The Kier molecular flexibility index (Phi) is 2.14. The molecule has 0 radical (unpaired) electrons. The van der Waals surface area contributed by atoms with E-state index in [1.807, 2.05) is 30.5 Å². The molecule has 1 aliphatic rings. The summed E-state index contributed by atoms with van der Waals surface area (Å²) in [6.45, 7) is 0.796. The molecule has 0 spiro atoms. The molecule has 19 heavy (non-hydrogen) atoms. The topological polar surface area (TPSA) is 32.0 Å². The zero-order valence-corrected chi connectivity index (χ0v) is 10.3. The number of para-hydroxylation sites is 1. The molecule has 92 valence electrons. The SMILES string of the molecule is c1ccc(N2C[n+]3ccc4ncccc4c3N2)cc1. The molecule has 0 fully saturated rings. The first-order chi connectivity index (χ1) is 9.42. The summed E-state index contributed by atoms with van der Waals surface area (Å²) in [7, 11) is 0. The monoisotopic (exact) mass is 249 g/mol. The van der Waals surface area contributed by atoms with E-state index < -0.39 is 0 Å². The van der Waals surface area contributed by atoms with Crippen molar-refractivity contribution < 1.29 is 4.57 Å². The van der Waals surface area contributed by atoms with Crippen LogP contribution in [0.1, 0.15) is 0 Å². The maximum Gasteiger partial charge on any atom is 0.309 e. The van der Waals surface area contributed by atoms with Gasteiger partial charge in [-0.15, -0.1) is 0 Å². The highest BCUT2D eigenvalue weighted by Gasteiger charge is 2.28. The number of nitrogens with zero attached hydrogens (tertiary/aromatic N) is 3. The molecule has 0 aliphatic carbocycles. The lowest BCUT2D eigenvalue weighted by molar-refractivity contribution is -0.670. The smallest absolute Gasteiger partial charge is 0.256 e. The van der Waals surface area contributed by atoms with Crippen LogP contribution >= 0.6 is 0 Å². The van der Waals surface area contributed by atoms with Crippen molar-refractivity contribution >= 4 is 22.4 Å². The molecule has 0 unspecified atom stereocenters. The molecule has 4 rings (SSSR count). The van der Waals surface area contributed by atoms with E-state index in [1.165, 1.54) is 0 Å². The van der Waals surface area contributed by atoms with Gasteiger partial charge in [-0.05, 0) is 24.3 Å². The second-order valence-electron chi connectivity index (χ2n) is 4.59. The molecule has 2 aromatic heterocycles. The van der Waals surface area contributed by atoms with E-state index in [0.717, 1.165) is 29.1 Å². The second kappa shape index (κ2) is 3.95. The maximum atomic E-state index is 4.38. The van der Waals surface area contributed by atoms with Crippen LogP contribution in [0.25, 0.3) is 10.9 Å². The number of hydrogen-bond acceptors (Lipinski definition) is 3. The van der Waals surface area contributed by atoms with Gasteiger partial charge in [-0.1, -0.05) is 18.2 Å². The van der Waals surface area contributed by atoms with Gasteiger partial charge in [-0.25, -0.2) is 4.57 Å². The number of fused-ring (bicyclic) bond motifs is 3. The molecular formula is C15H13N4+. The van der Waals surface area contributed by atoms with Crippen molar-refractivity contribution in [1.82, 2.24) is 4.98 Å². The highest BCUT2D eigenvalue weighted by molar-refractivity contribution is 5.87. The lowest BCUT2D eigenvalue weighted by atomic mass is 10.2. The molecule has 0 saturated heterocycles. The number of rotatable bonds is 1. The van der Waals surface area contributed by atoms with Gasteiger partial charge in [0.25, 0.3) is 0 Å². The molecule has 3 heterocycles. The first-order valence-electron chi connectivity index (χ1n) is 6.28. The minimum absolute atomic E-state index is 0.796. The summed E-state index contributed by atoms with van der Waals surface area (Å²) in [6.07, 6.45) is 3.89. The summed E-state index contributed by atoms with van der Waals surface area (Å²) in [5, 5.41) is 3.27. The summed E-state index contributed by atoms with van der Waals surface area (Å²) < 4.78 is 2.19. The Morgan fingerprint density at radius 1 is 1.05 bits per heavy atom. The molecule has 4 heteroatoms. The van der Waals surface area contributed by atoms with Gasteiger partial charge in [-0.2, -0.15) is 10.4 Å². The Hall–Kier alpha value is -2.62. The fraction of sp³-hybridized carbons (Fsp3) is 0.0667. The summed E-state index contributed by atoms with van der Waals surface area (Å²) in [5.74, 6) is 1.09.